The molecule has 1 N–H and O–H groups in total. The minimum Gasteiger partial charge on any atom is -0.381 e. The largest absolute Gasteiger partial charge is 0.381 e. The maximum absolute atomic E-state index is 6.24. The van der Waals surface area contributed by atoms with E-state index in [0.717, 1.165) is 62.1 Å². The summed E-state index contributed by atoms with van der Waals surface area (Å²) in [5.74, 6) is 0. The van der Waals surface area contributed by atoms with Crippen LogP contribution in [0.4, 0.5) is 0 Å². The van der Waals surface area contributed by atoms with Crippen LogP contribution in [0.5, 0.6) is 0 Å². The molecule has 0 saturated carbocycles. The Morgan fingerprint density at radius 3 is 2.68 bits per heavy atom. The van der Waals surface area contributed by atoms with Crippen LogP contribution >= 0.6 is 11.6 Å². The number of aryl methyl sites for hydroxylation is 2. The molecule has 0 aliphatic heterocycles. The Morgan fingerprint density at radius 1 is 1.26 bits per heavy atom. The van der Waals surface area contributed by atoms with Crippen LogP contribution in [0.25, 0.3) is 0 Å². The van der Waals surface area contributed by atoms with Crippen LogP contribution in [-0.4, -0.2) is 29.5 Å². The average Bonchev–Trinajstić information content (AvgIpc) is 2.69. The molecule has 5 heteroatoms. The minimum atomic E-state index is 0.766. The van der Waals surface area contributed by atoms with Crippen LogP contribution in [-0.2, 0) is 17.8 Å². The Kier molecular flexibility index (Phi) is 8.10. The number of nitrogens with one attached hydrogen (secondary N) is 1. The van der Waals surface area contributed by atoms with E-state index in [1.807, 2.05) is 11.6 Å². The summed E-state index contributed by atoms with van der Waals surface area (Å²) < 4.78 is 7.48. The highest BCUT2D eigenvalue weighted by molar-refractivity contribution is 6.31. The lowest BCUT2D eigenvalue weighted by Gasteiger charge is -2.08. The van der Waals surface area contributed by atoms with E-state index < -0.39 is 0 Å². The first-order valence-electron chi connectivity index (χ1n) is 7.20. The maximum atomic E-state index is 6.24. The van der Waals surface area contributed by atoms with E-state index in [0.29, 0.717) is 0 Å². The lowest BCUT2D eigenvalue weighted by molar-refractivity contribution is 0.128. The van der Waals surface area contributed by atoms with Crippen molar-refractivity contribution >= 4 is 11.6 Å². The van der Waals surface area contributed by atoms with Gasteiger partial charge < -0.3 is 10.1 Å². The van der Waals surface area contributed by atoms with Gasteiger partial charge in [-0.05, 0) is 33.2 Å². The summed E-state index contributed by atoms with van der Waals surface area (Å²) in [6.07, 6.45) is 3.37. The van der Waals surface area contributed by atoms with Crippen molar-refractivity contribution < 1.29 is 4.74 Å². The summed E-state index contributed by atoms with van der Waals surface area (Å²) >= 11 is 6.24. The Balaban J connectivity index is 2.19. The molecule has 1 aromatic heterocycles. The summed E-state index contributed by atoms with van der Waals surface area (Å²) in [7, 11) is 0. The standard InChI is InChI=1S/C14H26ClN3O/c1-4-6-9-19-10-7-8-16-11-13-14(15)12(3)17-18(13)5-2/h16H,4-11H2,1-3H3. The molecule has 0 aliphatic carbocycles. The molecule has 4 nitrogen and oxygen atoms in total. The molecule has 19 heavy (non-hydrogen) atoms. The van der Waals surface area contributed by atoms with Gasteiger partial charge in [0.1, 0.15) is 0 Å². The van der Waals surface area contributed by atoms with Gasteiger partial charge in [-0.3, -0.25) is 4.68 Å². The third-order valence-electron chi connectivity index (χ3n) is 3.03. The fourth-order valence-electron chi connectivity index (χ4n) is 1.89. The van der Waals surface area contributed by atoms with Gasteiger partial charge in [-0.1, -0.05) is 24.9 Å². The zero-order chi connectivity index (χ0) is 14.1. The third kappa shape index (κ3) is 5.51. The number of hydrogen-bond acceptors (Lipinski definition) is 3. The van der Waals surface area contributed by atoms with Crippen LogP contribution in [0, 0.1) is 6.92 Å². The quantitative estimate of drug-likeness (QED) is 0.672. The van der Waals surface area contributed by atoms with Crippen molar-refractivity contribution in [2.24, 2.45) is 0 Å². The number of unbranched alkanes of at least 4 members (excludes halogenated alkanes) is 1. The average molecular weight is 288 g/mol. The Morgan fingerprint density at radius 2 is 2.00 bits per heavy atom. The van der Waals surface area contributed by atoms with Gasteiger partial charge in [0, 0.05) is 26.3 Å². The van der Waals surface area contributed by atoms with Crippen molar-refractivity contribution in [2.45, 2.75) is 53.1 Å². The first-order chi connectivity index (χ1) is 9.20. The van der Waals surface area contributed by atoms with Crippen molar-refractivity contribution in [1.82, 2.24) is 15.1 Å². The monoisotopic (exact) mass is 287 g/mol. The molecule has 0 aliphatic rings. The lowest BCUT2D eigenvalue weighted by Crippen LogP contribution is -2.19. The van der Waals surface area contributed by atoms with Gasteiger partial charge in [-0.2, -0.15) is 5.10 Å². The van der Waals surface area contributed by atoms with Crippen molar-refractivity contribution in [3.8, 4) is 0 Å². The van der Waals surface area contributed by atoms with Crippen LogP contribution in [0.15, 0.2) is 0 Å². The summed E-state index contributed by atoms with van der Waals surface area (Å²) in [6.45, 7) is 10.5. The molecule has 0 amide bonds. The SMILES string of the molecule is CCCCOCCCNCc1c(Cl)c(C)nn1CC. The highest BCUT2D eigenvalue weighted by atomic mass is 35.5. The molecular weight excluding hydrogens is 262 g/mol. The summed E-state index contributed by atoms with van der Waals surface area (Å²) in [5, 5.41) is 8.58. The van der Waals surface area contributed by atoms with E-state index in [-0.39, 0.29) is 0 Å². The van der Waals surface area contributed by atoms with Crippen LogP contribution < -0.4 is 5.32 Å². The fourth-order valence-corrected chi connectivity index (χ4v) is 2.09. The topological polar surface area (TPSA) is 39.1 Å². The highest BCUT2D eigenvalue weighted by Gasteiger charge is 2.11. The van der Waals surface area contributed by atoms with E-state index >= 15 is 0 Å². The summed E-state index contributed by atoms with van der Waals surface area (Å²) in [4.78, 5) is 0. The van der Waals surface area contributed by atoms with Gasteiger partial charge in [-0.15, -0.1) is 0 Å². The molecule has 0 unspecified atom stereocenters. The number of hydrogen-bond donors (Lipinski definition) is 1. The van der Waals surface area contributed by atoms with Gasteiger partial charge >= 0.3 is 0 Å². The van der Waals surface area contributed by atoms with Crippen molar-refractivity contribution in [1.29, 1.82) is 0 Å². The number of aromatic nitrogens is 2. The molecule has 0 atom stereocenters. The van der Waals surface area contributed by atoms with Crippen molar-refractivity contribution in [3.05, 3.63) is 16.4 Å². The van der Waals surface area contributed by atoms with Crippen LogP contribution in [0.3, 0.4) is 0 Å². The first-order valence-corrected chi connectivity index (χ1v) is 7.58. The first kappa shape index (κ1) is 16.5. The molecule has 0 spiro atoms. The van der Waals surface area contributed by atoms with Gasteiger partial charge in [-0.25, -0.2) is 0 Å². The lowest BCUT2D eigenvalue weighted by atomic mass is 10.3. The zero-order valence-corrected chi connectivity index (χ0v) is 13.1. The summed E-state index contributed by atoms with van der Waals surface area (Å²) in [6, 6.07) is 0. The number of nitrogens with zero attached hydrogens (tertiary/aromatic N) is 2. The van der Waals surface area contributed by atoms with Gasteiger partial charge in [0.15, 0.2) is 0 Å². The molecule has 1 rings (SSSR count). The van der Waals surface area contributed by atoms with Gasteiger partial charge in [0.25, 0.3) is 0 Å². The second-order valence-corrected chi connectivity index (χ2v) is 5.04. The highest BCUT2D eigenvalue weighted by Crippen LogP contribution is 2.19. The second-order valence-electron chi connectivity index (χ2n) is 4.66. The maximum Gasteiger partial charge on any atom is 0.0860 e. The number of halogens is 1. The molecule has 0 radical (unpaired) electrons. The molecule has 1 heterocycles. The van der Waals surface area contributed by atoms with E-state index in [1.54, 1.807) is 0 Å². The Labute approximate surface area is 121 Å². The molecule has 0 fully saturated rings. The van der Waals surface area contributed by atoms with Crippen LogP contribution in [0.1, 0.15) is 44.5 Å². The molecule has 0 saturated heterocycles. The van der Waals surface area contributed by atoms with Crippen LogP contribution in [0.2, 0.25) is 5.02 Å². The Bertz CT molecular complexity index is 366. The second kappa shape index (κ2) is 9.34. The smallest absolute Gasteiger partial charge is 0.0860 e. The fraction of sp³-hybridized carbons (Fsp3) is 0.786. The van der Waals surface area contributed by atoms with E-state index in [1.165, 1.54) is 6.42 Å². The molecular formula is C14H26ClN3O. The zero-order valence-electron chi connectivity index (χ0n) is 12.3. The molecule has 1 aromatic rings. The van der Waals surface area contributed by atoms with E-state index in [2.05, 4.69) is 24.3 Å². The third-order valence-corrected chi connectivity index (χ3v) is 3.52. The Hall–Kier alpha value is -0.580. The molecule has 0 aromatic carbocycles. The predicted octanol–water partition coefficient (Wildman–Crippen LogP) is 3.16. The molecule has 0 bridgehead atoms. The van der Waals surface area contributed by atoms with E-state index in [9.17, 15) is 0 Å². The van der Waals surface area contributed by atoms with E-state index in [4.69, 9.17) is 16.3 Å². The van der Waals surface area contributed by atoms with Crippen molar-refractivity contribution in [2.75, 3.05) is 19.8 Å². The minimum absolute atomic E-state index is 0.766. The van der Waals surface area contributed by atoms with Crippen molar-refractivity contribution in [3.63, 3.8) is 0 Å². The number of rotatable bonds is 10. The predicted molar refractivity (Wildman–Crippen MR) is 79.7 cm³/mol. The number of ether oxygens (including phenoxy) is 1. The van der Waals surface area contributed by atoms with Gasteiger partial charge in [0.05, 0.1) is 16.4 Å². The summed E-state index contributed by atoms with van der Waals surface area (Å²) in [5.41, 5.74) is 1.98. The normalized spacial score (nSPS) is 11.2. The van der Waals surface area contributed by atoms with Gasteiger partial charge in [0.2, 0.25) is 0 Å². The molecule has 110 valence electrons.